The number of benzene rings is 12. The second-order valence-electron chi connectivity index (χ2n) is 20.3. The average molecular weight is 966 g/mol. The summed E-state index contributed by atoms with van der Waals surface area (Å²) in [5.41, 5.74) is 25.1. The van der Waals surface area contributed by atoms with Gasteiger partial charge in [0.25, 0.3) is 0 Å². The molecule has 12 aromatic carbocycles. The first-order chi connectivity index (χ1) is 37.7. The van der Waals surface area contributed by atoms with Crippen LogP contribution in [0, 0.1) is 0 Å². The van der Waals surface area contributed by atoms with Crippen LogP contribution in [0.2, 0.25) is 0 Å². The lowest BCUT2D eigenvalue weighted by molar-refractivity contribution is 0.793. The van der Waals surface area contributed by atoms with E-state index in [2.05, 4.69) is 299 Å². The fourth-order valence-corrected chi connectivity index (χ4v) is 13.5. The fraction of sp³-hybridized carbons (Fsp3) is 0.0137. The molecule has 2 heterocycles. The lowest BCUT2D eigenvalue weighted by atomic mass is 9.70. The highest BCUT2D eigenvalue weighted by Gasteiger charge is 2.53. The molecule has 0 fully saturated rings. The Morgan fingerprint density at radius 3 is 1.25 bits per heavy atom. The van der Waals surface area contributed by atoms with E-state index in [1.165, 1.54) is 105 Å². The number of hydrogen-bond acceptors (Lipinski definition) is 1. The van der Waals surface area contributed by atoms with Gasteiger partial charge in [0, 0.05) is 49.9 Å². The van der Waals surface area contributed by atoms with Gasteiger partial charge in [0.1, 0.15) is 0 Å². The number of rotatable bonds is 7. The van der Waals surface area contributed by atoms with Crippen molar-refractivity contribution in [2.24, 2.45) is 0 Å². The molecule has 0 N–H and O–H groups in total. The van der Waals surface area contributed by atoms with Crippen LogP contribution in [0.3, 0.4) is 0 Å². The van der Waals surface area contributed by atoms with Gasteiger partial charge >= 0.3 is 0 Å². The minimum atomic E-state index is -0.533. The molecule has 1 spiro atoms. The van der Waals surface area contributed by atoms with Gasteiger partial charge in [-0.1, -0.05) is 206 Å². The molecule has 0 saturated heterocycles. The largest absolute Gasteiger partial charge is 0.310 e. The van der Waals surface area contributed by atoms with Crippen LogP contribution in [-0.2, 0) is 5.41 Å². The average Bonchev–Trinajstić information content (AvgIpc) is 4.41. The van der Waals surface area contributed by atoms with Gasteiger partial charge in [0.15, 0.2) is 0 Å². The van der Waals surface area contributed by atoms with Crippen molar-refractivity contribution < 1.29 is 0 Å². The first-order valence-electron chi connectivity index (χ1n) is 26.3. The van der Waals surface area contributed by atoms with Gasteiger partial charge < -0.3 is 14.0 Å². The topological polar surface area (TPSA) is 13.1 Å². The molecular formula is C73H47N3. The first kappa shape index (κ1) is 42.5. The van der Waals surface area contributed by atoms with Crippen LogP contribution in [0.25, 0.3) is 99.5 Å². The molecule has 3 nitrogen and oxygen atoms in total. The predicted octanol–water partition coefficient (Wildman–Crippen LogP) is 19.0. The highest BCUT2D eigenvalue weighted by Crippen LogP contribution is 2.65. The molecule has 0 amide bonds. The third-order valence-electron chi connectivity index (χ3n) is 16.5. The SMILES string of the molecule is c1ccc(-n2c3ccccc3c3c(-c4ccc(N(c5ccc(-c6ccc(-n7c8ccccc8c8ccccc87)cc6)cc5)c5cccc6c5C5(c7ccccc7-c7ccccc75)c5ccccc5-6)cc4)cccc32)cc1. The van der Waals surface area contributed by atoms with E-state index >= 15 is 0 Å². The molecule has 3 heteroatoms. The lowest BCUT2D eigenvalue weighted by Gasteiger charge is -2.36. The Bertz CT molecular complexity index is 4500. The molecule has 76 heavy (non-hydrogen) atoms. The Hall–Kier alpha value is -9.96. The molecule has 0 bridgehead atoms. The van der Waals surface area contributed by atoms with Crippen molar-refractivity contribution >= 4 is 60.7 Å². The molecule has 14 aromatic rings. The van der Waals surface area contributed by atoms with E-state index in [1.807, 2.05) is 0 Å². The quantitative estimate of drug-likeness (QED) is 0.155. The molecule has 2 aromatic heterocycles. The summed E-state index contributed by atoms with van der Waals surface area (Å²) >= 11 is 0. The van der Waals surface area contributed by atoms with E-state index in [1.54, 1.807) is 0 Å². The summed E-state index contributed by atoms with van der Waals surface area (Å²) in [5.74, 6) is 0. The van der Waals surface area contributed by atoms with Crippen molar-refractivity contribution in [3.8, 4) is 55.9 Å². The summed E-state index contributed by atoms with van der Waals surface area (Å²) in [6.07, 6.45) is 0. The molecule has 0 radical (unpaired) electrons. The van der Waals surface area contributed by atoms with Crippen LogP contribution < -0.4 is 4.90 Å². The number of aromatic nitrogens is 2. The van der Waals surface area contributed by atoms with Gasteiger partial charge in [-0.25, -0.2) is 0 Å². The third kappa shape index (κ3) is 5.99. The molecule has 0 saturated carbocycles. The van der Waals surface area contributed by atoms with E-state index in [0.717, 1.165) is 34.0 Å². The fourth-order valence-electron chi connectivity index (χ4n) is 13.5. The maximum absolute atomic E-state index is 2.51. The zero-order chi connectivity index (χ0) is 49.9. The van der Waals surface area contributed by atoms with Gasteiger partial charge in [-0.05, 0) is 140 Å². The Kier molecular flexibility index (Phi) is 9.25. The summed E-state index contributed by atoms with van der Waals surface area (Å²) in [5, 5.41) is 5.03. The molecular weight excluding hydrogens is 919 g/mol. The van der Waals surface area contributed by atoms with Crippen molar-refractivity contribution in [3.63, 3.8) is 0 Å². The summed E-state index contributed by atoms with van der Waals surface area (Å²) in [6.45, 7) is 0. The molecule has 2 aliphatic carbocycles. The van der Waals surface area contributed by atoms with Gasteiger partial charge in [-0.2, -0.15) is 0 Å². The number of para-hydroxylation sites is 4. The second-order valence-corrected chi connectivity index (χ2v) is 20.3. The van der Waals surface area contributed by atoms with Crippen LogP contribution in [0.5, 0.6) is 0 Å². The second kappa shape index (κ2) is 16.5. The minimum Gasteiger partial charge on any atom is -0.310 e. The van der Waals surface area contributed by atoms with Crippen molar-refractivity contribution in [2.45, 2.75) is 5.41 Å². The number of nitrogens with zero attached hydrogens (tertiary/aromatic N) is 3. The van der Waals surface area contributed by atoms with Crippen molar-refractivity contribution in [2.75, 3.05) is 4.90 Å². The van der Waals surface area contributed by atoms with Crippen LogP contribution in [-0.4, -0.2) is 9.13 Å². The molecule has 354 valence electrons. The number of anilines is 3. The normalized spacial score (nSPS) is 12.8. The van der Waals surface area contributed by atoms with Crippen molar-refractivity contribution in [1.82, 2.24) is 9.13 Å². The molecule has 0 aliphatic heterocycles. The standard InChI is InChI=1S/C73H47N3/c1-2-18-51(19-3-1)76-68-33-15-9-25-62(68)71-55(26-16-34-69(71)76)50-40-46-53(47-41-50)74(52-42-36-48(37-43-52)49-38-44-54(45-39-49)75-66-31-13-7-23-59(66)60-24-8-14-32-67(60)75)70-35-17-27-61-58-22-6-12-30-65(58)73(72(61)70)63-28-10-4-20-56(63)57-21-5-11-29-64(57)73/h1-47H. The lowest BCUT2D eigenvalue weighted by Crippen LogP contribution is -2.28. The van der Waals surface area contributed by atoms with E-state index in [-0.39, 0.29) is 0 Å². The third-order valence-corrected chi connectivity index (χ3v) is 16.5. The summed E-state index contributed by atoms with van der Waals surface area (Å²) < 4.78 is 4.78. The zero-order valence-corrected chi connectivity index (χ0v) is 41.5. The maximum atomic E-state index is 2.51. The summed E-state index contributed by atoms with van der Waals surface area (Å²) in [4.78, 5) is 2.51. The summed E-state index contributed by atoms with van der Waals surface area (Å²) in [7, 11) is 0. The monoisotopic (exact) mass is 965 g/mol. The van der Waals surface area contributed by atoms with E-state index in [4.69, 9.17) is 0 Å². The van der Waals surface area contributed by atoms with Crippen molar-refractivity contribution in [3.05, 3.63) is 307 Å². The highest BCUT2D eigenvalue weighted by molar-refractivity contribution is 6.16. The van der Waals surface area contributed by atoms with Gasteiger partial charge in [0.2, 0.25) is 0 Å². The van der Waals surface area contributed by atoms with Crippen LogP contribution in [0.1, 0.15) is 22.3 Å². The van der Waals surface area contributed by atoms with Gasteiger partial charge in [0.05, 0.1) is 33.2 Å². The molecule has 0 atom stereocenters. The Morgan fingerprint density at radius 1 is 0.263 bits per heavy atom. The molecule has 2 aliphatic rings. The van der Waals surface area contributed by atoms with Crippen molar-refractivity contribution in [1.29, 1.82) is 0 Å². The smallest absolute Gasteiger partial charge is 0.0746 e. The first-order valence-corrected chi connectivity index (χ1v) is 26.3. The van der Waals surface area contributed by atoms with Gasteiger partial charge in [-0.3, -0.25) is 0 Å². The Labute approximate surface area is 441 Å². The van der Waals surface area contributed by atoms with Crippen LogP contribution in [0.4, 0.5) is 17.1 Å². The van der Waals surface area contributed by atoms with Crippen LogP contribution >= 0.6 is 0 Å². The molecule has 16 rings (SSSR count). The highest BCUT2D eigenvalue weighted by atomic mass is 15.1. The van der Waals surface area contributed by atoms with Gasteiger partial charge in [-0.15, -0.1) is 0 Å². The van der Waals surface area contributed by atoms with E-state index in [0.29, 0.717) is 0 Å². The number of hydrogen-bond donors (Lipinski definition) is 0. The molecule has 0 unspecified atom stereocenters. The maximum Gasteiger partial charge on any atom is 0.0746 e. The summed E-state index contributed by atoms with van der Waals surface area (Å²) in [6, 6.07) is 106. The minimum absolute atomic E-state index is 0.533. The van der Waals surface area contributed by atoms with Crippen LogP contribution in [0.15, 0.2) is 285 Å². The predicted molar refractivity (Wildman–Crippen MR) is 317 cm³/mol. The Morgan fingerprint density at radius 2 is 0.658 bits per heavy atom. The van der Waals surface area contributed by atoms with E-state index in [9.17, 15) is 0 Å². The number of fused-ring (bicyclic) bond motifs is 16. The zero-order valence-electron chi connectivity index (χ0n) is 41.5. The van der Waals surface area contributed by atoms with E-state index < -0.39 is 5.41 Å². The Balaban J connectivity index is 0.868.